The Morgan fingerprint density at radius 1 is 1.00 bits per heavy atom. The summed E-state index contributed by atoms with van der Waals surface area (Å²) in [5.74, 6) is 0. The van der Waals surface area contributed by atoms with Gasteiger partial charge in [-0.25, -0.2) is 4.79 Å². The van der Waals surface area contributed by atoms with E-state index < -0.39 is 5.60 Å². The molecule has 0 aliphatic carbocycles. The molecule has 0 atom stereocenters. The van der Waals surface area contributed by atoms with Gasteiger partial charge in [0.1, 0.15) is 5.60 Å². The van der Waals surface area contributed by atoms with Gasteiger partial charge in [-0.3, -0.25) is 0 Å². The second-order valence-corrected chi connectivity index (χ2v) is 9.93. The SMILES string of the molecule is CC(C)(C)OC(=O)NCCN1CCC(=C2c3ccccc3Sc3ccccc32)CC1. The van der Waals surface area contributed by atoms with Crippen LogP contribution in [-0.4, -0.2) is 42.8 Å². The van der Waals surface area contributed by atoms with Crippen LogP contribution in [0.1, 0.15) is 44.7 Å². The molecule has 0 aromatic heterocycles. The molecule has 2 aliphatic rings. The zero-order valence-corrected chi connectivity index (χ0v) is 18.8. The molecule has 1 N–H and O–H groups in total. The van der Waals surface area contributed by atoms with Gasteiger partial charge in [0.2, 0.25) is 0 Å². The van der Waals surface area contributed by atoms with Crippen LogP contribution in [0.2, 0.25) is 0 Å². The molecule has 5 heteroatoms. The second kappa shape index (κ2) is 8.86. The van der Waals surface area contributed by atoms with E-state index in [9.17, 15) is 4.79 Å². The number of nitrogens with one attached hydrogen (secondary N) is 1. The molecule has 4 rings (SSSR count). The van der Waals surface area contributed by atoms with Gasteiger partial charge in [-0.15, -0.1) is 0 Å². The molecule has 0 unspecified atom stereocenters. The summed E-state index contributed by atoms with van der Waals surface area (Å²) >= 11 is 1.87. The number of hydrogen-bond acceptors (Lipinski definition) is 4. The fraction of sp³-hybridized carbons (Fsp3) is 0.400. The number of carbonyl (C=O) groups is 1. The molecule has 158 valence electrons. The largest absolute Gasteiger partial charge is 0.444 e. The number of hydrogen-bond donors (Lipinski definition) is 1. The van der Waals surface area contributed by atoms with Gasteiger partial charge in [-0.1, -0.05) is 53.7 Å². The number of likely N-dealkylation sites (tertiary alicyclic amines) is 1. The topological polar surface area (TPSA) is 41.6 Å². The van der Waals surface area contributed by atoms with Gasteiger partial charge in [0.05, 0.1) is 0 Å². The molecule has 1 amide bonds. The van der Waals surface area contributed by atoms with Gasteiger partial charge in [-0.2, -0.15) is 0 Å². The van der Waals surface area contributed by atoms with Crippen LogP contribution in [0.25, 0.3) is 5.57 Å². The van der Waals surface area contributed by atoms with Crippen LogP contribution < -0.4 is 5.32 Å². The van der Waals surface area contributed by atoms with E-state index in [0.29, 0.717) is 6.54 Å². The zero-order chi connectivity index (χ0) is 21.1. The first-order chi connectivity index (χ1) is 14.4. The molecule has 1 fully saturated rings. The van der Waals surface area contributed by atoms with E-state index in [1.54, 1.807) is 5.57 Å². The van der Waals surface area contributed by atoms with Crippen molar-refractivity contribution >= 4 is 23.4 Å². The van der Waals surface area contributed by atoms with Crippen LogP contribution in [0.15, 0.2) is 63.9 Å². The number of benzene rings is 2. The number of amides is 1. The molecule has 0 radical (unpaired) electrons. The third kappa shape index (κ3) is 4.90. The van der Waals surface area contributed by atoms with Crippen molar-refractivity contribution < 1.29 is 9.53 Å². The molecular weight excluding hydrogens is 392 g/mol. The summed E-state index contributed by atoms with van der Waals surface area (Å²) in [6, 6.07) is 17.5. The summed E-state index contributed by atoms with van der Waals surface area (Å²) in [5, 5.41) is 2.87. The third-order valence-electron chi connectivity index (χ3n) is 5.44. The predicted octanol–water partition coefficient (Wildman–Crippen LogP) is 5.57. The summed E-state index contributed by atoms with van der Waals surface area (Å²) in [4.78, 5) is 17.0. The maximum absolute atomic E-state index is 11.8. The van der Waals surface area contributed by atoms with Crippen molar-refractivity contribution in [2.45, 2.75) is 49.0 Å². The first-order valence-electron chi connectivity index (χ1n) is 10.7. The van der Waals surface area contributed by atoms with Crippen molar-refractivity contribution in [3.8, 4) is 0 Å². The van der Waals surface area contributed by atoms with Crippen LogP contribution >= 0.6 is 11.8 Å². The molecule has 2 aliphatic heterocycles. The summed E-state index contributed by atoms with van der Waals surface area (Å²) in [6.45, 7) is 9.15. The lowest BCUT2D eigenvalue weighted by Crippen LogP contribution is -2.40. The molecule has 0 spiro atoms. The second-order valence-electron chi connectivity index (χ2n) is 8.84. The average Bonchev–Trinajstić information content (AvgIpc) is 2.71. The average molecular weight is 423 g/mol. The molecule has 4 nitrogen and oxygen atoms in total. The van der Waals surface area contributed by atoms with E-state index in [4.69, 9.17) is 4.74 Å². The molecule has 0 bridgehead atoms. The van der Waals surface area contributed by atoms with Gasteiger partial charge >= 0.3 is 6.09 Å². The highest BCUT2D eigenvalue weighted by Gasteiger charge is 2.25. The Balaban J connectivity index is 1.42. The van der Waals surface area contributed by atoms with E-state index >= 15 is 0 Å². The molecular formula is C25H30N2O2S. The van der Waals surface area contributed by atoms with Crippen LogP contribution in [0, 0.1) is 0 Å². The van der Waals surface area contributed by atoms with E-state index in [2.05, 4.69) is 58.7 Å². The minimum Gasteiger partial charge on any atom is -0.444 e. The van der Waals surface area contributed by atoms with Crippen molar-refractivity contribution in [1.82, 2.24) is 10.2 Å². The highest BCUT2D eigenvalue weighted by Crippen LogP contribution is 2.47. The van der Waals surface area contributed by atoms with Crippen LogP contribution in [0.3, 0.4) is 0 Å². The first kappa shape index (κ1) is 21.0. The van der Waals surface area contributed by atoms with Crippen molar-refractivity contribution in [2.24, 2.45) is 0 Å². The Morgan fingerprint density at radius 2 is 1.57 bits per heavy atom. The normalized spacial score (nSPS) is 16.6. The van der Waals surface area contributed by atoms with Gasteiger partial charge in [0, 0.05) is 36.0 Å². The number of rotatable bonds is 3. The molecule has 30 heavy (non-hydrogen) atoms. The molecule has 2 aromatic carbocycles. The third-order valence-corrected chi connectivity index (χ3v) is 6.59. The monoisotopic (exact) mass is 422 g/mol. The molecule has 2 heterocycles. The van der Waals surface area contributed by atoms with Crippen molar-refractivity contribution in [3.63, 3.8) is 0 Å². The minimum absolute atomic E-state index is 0.338. The van der Waals surface area contributed by atoms with Crippen molar-refractivity contribution in [1.29, 1.82) is 0 Å². The number of nitrogens with zero attached hydrogens (tertiary/aromatic N) is 1. The van der Waals surface area contributed by atoms with Gasteiger partial charge in [-0.05, 0) is 62.4 Å². The first-order valence-corrected chi connectivity index (χ1v) is 11.5. The maximum atomic E-state index is 11.8. The Labute approximate surface area is 183 Å². The molecule has 2 aromatic rings. The Bertz CT molecular complexity index is 904. The summed E-state index contributed by atoms with van der Waals surface area (Å²) in [7, 11) is 0. The van der Waals surface area contributed by atoms with Gasteiger partial charge < -0.3 is 15.0 Å². The zero-order valence-electron chi connectivity index (χ0n) is 18.0. The number of piperidine rings is 1. The fourth-order valence-corrected chi connectivity index (χ4v) is 5.19. The standard InChI is InChI=1S/C25H30N2O2S/c1-25(2,3)29-24(28)26-14-17-27-15-12-18(13-16-27)23-19-8-4-6-10-21(19)30-22-11-7-5-9-20(22)23/h4-11H,12-17H2,1-3H3,(H,26,28). The highest BCUT2D eigenvalue weighted by molar-refractivity contribution is 7.99. The fourth-order valence-electron chi connectivity index (χ4n) is 4.10. The number of ether oxygens (including phenoxy) is 1. The quantitative estimate of drug-likeness (QED) is 0.599. The Morgan fingerprint density at radius 3 is 2.13 bits per heavy atom. The minimum atomic E-state index is -0.457. The van der Waals surface area contributed by atoms with Crippen LogP contribution in [0.5, 0.6) is 0 Å². The number of alkyl carbamates (subject to hydrolysis) is 1. The highest BCUT2D eigenvalue weighted by atomic mass is 32.2. The predicted molar refractivity (Wildman–Crippen MR) is 123 cm³/mol. The van der Waals surface area contributed by atoms with E-state index in [1.165, 1.54) is 26.5 Å². The molecule has 0 saturated carbocycles. The lowest BCUT2D eigenvalue weighted by Gasteiger charge is -2.32. The van der Waals surface area contributed by atoms with Crippen LogP contribution in [-0.2, 0) is 4.74 Å². The lowest BCUT2D eigenvalue weighted by atomic mass is 9.88. The summed E-state index contributed by atoms with van der Waals surface area (Å²) in [5.41, 5.74) is 5.27. The lowest BCUT2D eigenvalue weighted by molar-refractivity contribution is 0.0521. The van der Waals surface area contributed by atoms with Crippen molar-refractivity contribution in [3.05, 3.63) is 65.2 Å². The smallest absolute Gasteiger partial charge is 0.407 e. The maximum Gasteiger partial charge on any atom is 0.407 e. The Hall–Kier alpha value is -2.24. The van der Waals surface area contributed by atoms with Gasteiger partial charge in [0.15, 0.2) is 0 Å². The molecule has 1 saturated heterocycles. The number of carbonyl (C=O) groups excluding carboxylic acids is 1. The Kier molecular flexibility index (Phi) is 6.21. The van der Waals surface area contributed by atoms with E-state index in [1.807, 2.05) is 32.5 Å². The van der Waals surface area contributed by atoms with Crippen molar-refractivity contribution in [2.75, 3.05) is 26.2 Å². The van der Waals surface area contributed by atoms with E-state index in [-0.39, 0.29) is 6.09 Å². The summed E-state index contributed by atoms with van der Waals surface area (Å²) < 4.78 is 5.31. The van der Waals surface area contributed by atoms with Crippen LogP contribution in [0.4, 0.5) is 4.79 Å². The van der Waals surface area contributed by atoms with E-state index in [0.717, 1.165) is 32.5 Å². The summed E-state index contributed by atoms with van der Waals surface area (Å²) in [6.07, 6.45) is 1.79. The van der Waals surface area contributed by atoms with Gasteiger partial charge in [0.25, 0.3) is 0 Å². The number of fused-ring (bicyclic) bond motifs is 2.